The zero-order valence-corrected chi connectivity index (χ0v) is 11.2. The minimum atomic E-state index is -1.08. The number of hydrogen-bond acceptors (Lipinski definition) is 3. The Kier molecular flexibility index (Phi) is 4.47. The number of halogens is 1. The Morgan fingerprint density at radius 3 is 2.61 bits per heavy atom. The van der Waals surface area contributed by atoms with E-state index in [4.69, 9.17) is 17.3 Å². The quantitative estimate of drug-likeness (QED) is 0.936. The molecule has 1 atom stereocenters. The molecule has 2 rings (SSSR count). The molecule has 0 fully saturated rings. The zero-order chi connectivity index (χ0) is 13.0. The van der Waals surface area contributed by atoms with Crippen LogP contribution in [0.2, 0.25) is 5.02 Å². The third-order valence-electron chi connectivity index (χ3n) is 2.46. The first-order valence-corrected chi connectivity index (χ1v) is 7.16. The Labute approximate surface area is 113 Å². The topological polar surface area (TPSA) is 56.0 Å². The molecule has 0 amide bonds. The van der Waals surface area contributed by atoms with Gasteiger partial charge in [0.15, 0.2) is 0 Å². The first-order chi connectivity index (χ1) is 8.69. The molecule has 1 aromatic carbocycles. The van der Waals surface area contributed by atoms with Crippen LogP contribution in [-0.4, -0.2) is 9.19 Å². The summed E-state index contributed by atoms with van der Waals surface area (Å²) >= 11 is 5.80. The Morgan fingerprint density at radius 2 is 1.94 bits per heavy atom. The maximum Gasteiger partial charge on any atom is 0.0574 e. The summed E-state index contributed by atoms with van der Waals surface area (Å²) in [7, 11) is -1.08. The van der Waals surface area contributed by atoms with E-state index in [1.807, 2.05) is 12.1 Å². The van der Waals surface area contributed by atoms with Crippen LogP contribution in [0.3, 0.4) is 0 Å². The van der Waals surface area contributed by atoms with Crippen molar-refractivity contribution in [3.63, 3.8) is 0 Å². The fourth-order valence-corrected chi connectivity index (χ4v) is 2.77. The zero-order valence-electron chi connectivity index (χ0n) is 9.67. The van der Waals surface area contributed by atoms with Gasteiger partial charge in [0.05, 0.1) is 22.2 Å². The minimum Gasteiger partial charge on any atom is -0.325 e. The average Bonchev–Trinajstić information content (AvgIpc) is 2.39. The van der Waals surface area contributed by atoms with Crippen molar-refractivity contribution in [3.8, 4) is 0 Å². The molecular weight excluding hydrogens is 268 g/mol. The molecule has 18 heavy (non-hydrogen) atoms. The molecule has 1 heterocycles. The predicted molar refractivity (Wildman–Crippen MR) is 73.7 cm³/mol. The van der Waals surface area contributed by atoms with E-state index in [1.54, 1.807) is 30.5 Å². The van der Waals surface area contributed by atoms with Crippen molar-refractivity contribution in [3.05, 3.63) is 58.9 Å². The molecule has 0 saturated heterocycles. The first-order valence-electron chi connectivity index (χ1n) is 5.47. The lowest BCUT2D eigenvalue weighted by Crippen LogP contribution is -2.02. The highest BCUT2D eigenvalue weighted by atomic mass is 35.5. The highest BCUT2D eigenvalue weighted by molar-refractivity contribution is 7.84. The summed E-state index contributed by atoms with van der Waals surface area (Å²) in [6.07, 6.45) is 1.69. The van der Waals surface area contributed by atoms with Gasteiger partial charge in [0.2, 0.25) is 0 Å². The highest BCUT2D eigenvalue weighted by Crippen LogP contribution is 2.16. The standard InChI is InChI=1S/C13H13ClN2OS/c14-11-1-3-13(4-2-11)18(17)9-10-5-6-16-12(7-10)8-15/h1-7H,8-9,15H2. The molecule has 0 radical (unpaired) electrons. The van der Waals surface area contributed by atoms with E-state index < -0.39 is 10.8 Å². The van der Waals surface area contributed by atoms with E-state index in [0.717, 1.165) is 16.2 Å². The van der Waals surface area contributed by atoms with E-state index in [0.29, 0.717) is 17.3 Å². The van der Waals surface area contributed by atoms with Gasteiger partial charge in [-0.15, -0.1) is 0 Å². The fourth-order valence-electron chi connectivity index (χ4n) is 1.55. The summed E-state index contributed by atoms with van der Waals surface area (Å²) in [6, 6.07) is 10.8. The van der Waals surface area contributed by atoms with Gasteiger partial charge in [-0.1, -0.05) is 11.6 Å². The second-order valence-corrected chi connectivity index (χ2v) is 5.69. The Hall–Kier alpha value is -1.23. The van der Waals surface area contributed by atoms with E-state index in [1.165, 1.54) is 0 Å². The van der Waals surface area contributed by atoms with Crippen LogP contribution in [0.4, 0.5) is 0 Å². The second kappa shape index (κ2) is 6.09. The first kappa shape index (κ1) is 13.2. The van der Waals surface area contributed by atoms with Crippen molar-refractivity contribution in [2.45, 2.75) is 17.2 Å². The summed E-state index contributed by atoms with van der Waals surface area (Å²) in [6.45, 7) is 0.390. The molecule has 3 nitrogen and oxygen atoms in total. The molecule has 0 aliphatic carbocycles. The van der Waals surface area contributed by atoms with Gasteiger partial charge >= 0.3 is 0 Å². The summed E-state index contributed by atoms with van der Waals surface area (Å²) < 4.78 is 12.1. The number of benzene rings is 1. The van der Waals surface area contributed by atoms with Gasteiger partial charge in [-0.05, 0) is 42.0 Å². The molecule has 0 aliphatic rings. The minimum absolute atomic E-state index is 0.390. The number of rotatable bonds is 4. The molecule has 0 saturated carbocycles. The van der Waals surface area contributed by atoms with Gasteiger partial charge in [0.1, 0.15) is 0 Å². The molecule has 2 N–H and O–H groups in total. The fraction of sp³-hybridized carbons (Fsp3) is 0.154. The smallest absolute Gasteiger partial charge is 0.0574 e. The van der Waals surface area contributed by atoms with Gasteiger partial charge in [-0.3, -0.25) is 9.19 Å². The number of hydrogen-bond donors (Lipinski definition) is 1. The maximum absolute atomic E-state index is 12.1. The Bertz CT molecular complexity index is 557. The molecular formula is C13H13ClN2OS. The monoisotopic (exact) mass is 280 g/mol. The molecule has 1 aromatic heterocycles. The molecule has 0 spiro atoms. The third-order valence-corrected chi connectivity index (χ3v) is 4.11. The molecule has 1 unspecified atom stereocenters. The van der Waals surface area contributed by atoms with Crippen LogP contribution in [0.5, 0.6) is 0 Å². The highest BCUT2D eigenvalue weighted by Gasteiger charge is 2.06. The van der Waals surface area contributed by atoms with E-state index in [9.17, 15) is 4.21 Å². The van der Waals surface area contributed by atoms with Crippen LogP contribution < -0.4 is 5.73 Å². The van der Waals surface area contributed by atoms with Crippen molar-refractivity contribution < 1.29 is 4.21 Å². The lowest BCUT2D eigenvalue weighted by Gasteiger charge is -2.04. The predicted octanol–water partition coefficient (Wildman–Crippen LogP) is 2.50. The van der Waals surface area contributed by atoms with Crippen molar-refractivity contribution in [1.29, 1.82) is 0 Å². The number of nitrogens with two attached hydrogens (primary N) is 1. The summed E-state index contributed by atoms with van der Waals surface area (Å²) in [5, 5.41) is 0.644. The van der Waals surface area contributed by atoms with Crippen LogP contribution in [0, 0.1) is 0 Å². The van der Waals surface area contributed by atoms with Crippen LogP contribution in [0.25, 0.3) is 0 Å². The van der Waals surface area contributed by atoms with Gasteiger partial charge < -0.3 is 5.73 Å². The Balaban J connectivity index is 2.13. The van der Waals surface area contributed by atoms with Crippen molar-refractivity contribution in [2.75, 3.05) is 0 Å². The lowest BCUT2D eigenvalue weighted by molar-refractivity contribution is 0.682. The second-order valence-electron chi connectivity index (χ2n) is 3.80. The molecule has 5 heteroatoms. The van der Waals surface area contributed by atoms with Crippen LogP contribution >= 0.6 is 11.6 Å². The van der Waals surface area contributed by atoms with Gasteiger partial charge in [-0.25, -0.2) is 0 Å². The van der Waals surface area contributed by atoms with E-state index >= 15 is 0 Å². The van der Waals surface area contributed by atoms with E-state index in [2.05, 4.69) is 4.98 Å². The lowest BCUT2D eigenvalue weighted by atomic mass is 10.2. The summed E-state index contributed by atoms with van der Waals surface area (Å²) in [5.74, 6) is 0.456. The number of aromatic nitrogens is 1. The van der Waals surface area contributed by atoms with Crippen LogP contribution in [0.1, 0.15) is 11.3 Å². The normalized spacial score (nSPS) is 12.3. The van der Waals surface area contributed by atoms with Gasteiger partial charge in [0, 0.05) is 22.7 Å². The van der Waals surface area contributed by atoms with Gasteiger partial charge in [0.25, 0.3) is 0 Å². The van der Waals surface area contributed by atoms with Gasteiger partial charge in [-0.2, -0.15) is 0 Å². The summed E-state index contributed by atoms with van der Waals surface area (Å²) in [5.41, 5.74) is 7.30. The van der Waals surface area contributed by atoms with Crippen molar-refractivity contribution >= 4 is 22.4 Å². The van der Waals surface area contributed by atoms with Crippen molar-refractivity contribution in [1.82, 2.24) is 4.98 Å². The molecule has 0 bridgehead atoms. The molecule has 94 valence electrons. The summed E-state index contributed by atoms with van der Waals surface area (Å²) in [4.78, 5) is 4.88. The molecule has 0 aliphatic heterocycles. The number of pyridine rings is 1. The number of nitrogens with zero attached hydrogens (tertiary/aromatic N) is 1. The van der Waals surface area contributed by atoms with Crippen LogP contribution in [0.15, 0.2) is 47.5 Å². The largest absolute Gasteiger partial charge is 0.325 e. The SMILES string of the molecule is NCc1cc(CS(=O)c2ccc(Cl)cc2)ccn1. The average molecular weight is 281 g/mol. The maximum atomic E-state index is 12.1. The van der Waals surface area contributed by atoms with Crippen LogP contribution in [-0.2, 0) is 23.1 Å². The van der Waals surface area contributed by atoms with E-state index in [-0.39, 0.29) is 0 Å². The Morgan fingerprint density at radius 1 is 1.22 bits per heavy atom. The van der Waals surface area contributed by atoms with Crippen molar-refractivity contribution in [2.24, 2.45) is 5.73 Å². The molecule has 2 aromatic rings. The third kappa shape index (κ3) is 3.38.